The number of hydrogen-bond donors (Lipinski definition) is 4. The van der Waals surface area contributed by atoms with E-state index >= 15 is 0 Å². The zero-order valence-electron chi connectivity index (χ0n) is 22.4. The van der Waals surface area contributed by atoms with Crippen molar-refractivity contribution in [3.05, 3.63) is 58.9 Å². The van der Waals surface area contributed by atoms with Gasteiger partial charge in [0, 0.05) is 47.2 Å². The Labute approximate surface area is 235 Å². The van der Waals surface area contributed by atoms with Crippen LogP contribution >= 0.6 is 0 Å². The van der Waals surface area contributed by atoms with Crippen molar-refractivity contribution in [1.82, 2.24) is 4.90 Å². The summed E-state index contributed by atoms with van der Waals surface area (Å²) in [5.41, 5.74) is 5.37. The Hall–Kier alpha value is -4.11. The van der Waals surface area contributed by atoms with Crippen molar-refractivity contribution in [1.29, 1.82) is 5.41 Å². The number of carbonyl (C=O) groups excluding carboxylic acids is 2. The number of nitrogen functional groups attached to an aromatic ring is 1. The fourth-order valence-corrected chi connectivity index (χ4v) is 6.06. The van der Waals surface area contributed by atoms with Crippen molar-refractivity contribution >= 4 is 48.6 Å². The number of fused-ring (bicyclic) bond motifs is 2. The second kappa shape index (κ2) is 10.4. The first kappa shape index (κ1) is 29.9. The number of anilines is 1. The molecule has 0 saturated heterocycles. The highest BCUT2D eigenvalue weighted by atomic mass is 32.2. The molecular formula is C27H27N3O9S2. The highest BCUT2D eigenvalue weighted by Gasteiger charge is 2.32. The quantitative estimate of drug-likeness (QED) is 0.104. The van der Waals surface area contributed by atoms with E-state index in [2.05, 4.69) is 0 Å². The van der Waals surface area contributed by atoms with Gasteiger partial charge >= 0.3 is 0 Å². The van der Waals surface area contributed by atoms with Gasteiger partial charge in [0.25, 0.3) is 26.1 Å². The molecule has 41 heavy (non-hydrogen) atoms. The third kappa shape index (κ3) is 5.22. The molecule has 0 spiro atoms. The highest BCUT2D eigenvalue weighted by molar-refractivity contribution is 7.86. The van der Waals surface area contributed by atoms with E-state index in [1.807, 2.05) is 0 Å². The molecule has 1 aliphatic heterocycles. The lowest BCUT2D eigenvalue weighted by molar-refractivity contribution is 0.0803. The minimum absolute atomic E-state index is 0.00878. The van der Waals surface area contributed by atoms with E-state index in [0.29, 0.717) is 6.54 Å². The molecule has 2 aromatic rings. The van der Waals surface area contributed by atoms with Gasteiger partial charge in [-0.2, -0.15) is 16.8 Å². The summed E-state index contributed by atoms with van der Waals surface area (Å²) in [7, 11) is -8.62. The monoisotopic (exact) mass is 601 g/mol. The number of ketones is 1. The molecule has 5 N–H and O–H groups in total. The van der Waals surface area contributed by atoms with Gasteiger partial charge in [-0.25, -0.2) is 0 Å². The SMILES string of the molecule is CCN(C)C(=O)c1cc(C(=O)C(C)C)ccc1-c1c2ccc(=N)c(S(=O)(=O)O)c-2oc2c(S(=O)(=O)O)c(N)ccc12. The zero-order chi connectivity index (χ0) is 30.6. The molecule has 0 bridgehead atoms. The summed E-state index contributed by atoms with van der Waals surface area (Å²) < 4.78 is 75.3. The van der Waals surface area contributed by atoms with Crippen LogP contribution < -0.4 is 11.1 Å². The third-order valence-corrected chi connectivity index (χ3v) is 8.52. The van der Waals surface area contributed by atoms with Gasteiger partial charge in [-0.3, -0.25) is 24.1 Å². The fraction of sp³-hybridized carbons (Fsp3) is 0.222. The lowest BCUT2D eigenvalue weighted by Gasteiger charge is -2.22. The lowest BCUT2D eigenvalue weighted by atomic mass is 9.88. The van der Waals surface area contributed by atoms with E-state index in [9.17, 15) is 35.5 Å². The summed E-state index contributed by atoms with van der Waals surface area (Å²) in [5.74, 6) is -1.74. The average Bonchev–Trinajstić information content (AvgIpc) is 2.88. The average molecular weight is 602 g/mol. The molecule has 1 aliphatic carbocycles. The van der Waals surface area contributed by atoms with Crippen LogP contribution in [0.4, 0.5) is 5.69 Å². The van der Waals surface area contributed by atoms with Crippen LogP contribution in [-0.4, -0.2) is 56.1 Å². The summed E-state index contributed by atoms with van der Waals surface area (Å²) in [6.07, 6.45) is 0. The van der Waals surface area contributed by atoms with Crippen LogP contribution in [0.1, 0.15) is 41.5 Å². The molecule has 2 aliphatic rings. The van der Waals surface area contributed by atoms with Gasteiger partial charge in [0.05, 0.1) is 11.0 Å². The van der Waals surface area contributed by atoms with E-state index in [4.69, 9.17) is 15.6 Å². The van der Waals surface area contributed by atoms with Crippen molar-refractivity contribution in [3.8, 4) is 22.5 Å². The summed E-state index contributed by atoms with van der Waals surface area (Å²) in [6.45, 7) is 5.44. The van der Waals surface area contributed by atoms with Crippen LogP contribution in [-0.2, 0) is 20.2 Å². The molecule has 4 rings (SSSR count). The van der Waals surface area contributed by atoms with Gasteiger partial charge in [0.2, 0.25) is 0 Å². The number of benzene rings is 3. The van der Waals surface area contributed by atoms with Crippen LogP contribution in [0.15, 0.2) is 56.7 Å². The Balaban J connectivity index is 2.32. The Morgan fingerprint density at radius 1 is 0.976 bits per heavy atom. The standard InChI is InChI=1S/C27H27N3O9S2/c1-5-30(4)27(32)18-12-14(22(31)13(2)3)6-7-15(18)21-16-8-10-19(28)25(40(33,34)35)23(16)39-24-17(21)9-11-20(29)26(24)41(36,37)38/h6-13,28H,5,29H2,1-4H3,(H,33,34,35)(H,36,37,38). The van der Waals surface area contributed by atoms with Crippen molar-refractivity contribution < 1.29 is 39.9 Å². The number of nitrogens with one attached hydrogen (secondary N) is 1. The van der Waals surface area contributed by atoms with E-state index in [0.717, 1.165) is 6.07 Å². The first-order chi connectivity index (χ1) is 19.0. The maximum absolute atomic E-state index is 13.6. The summed E-state index contributed by atoms with van der Waals surface area (Å²) >= 11 is 0. The number of carbonyl (C=O) groups is 2. The van der Waals surface area contributed by atoms with Crippen molar-refractivity contribution in [2.24, 2.45) is 5.92 Å². The molecule has 12 nitrogen and oxygen atoms in total. The molecule has 0 unspecified atom stereocenters. The molecule has 14 heteroatoms. The smallest absolute Gasteiger partial charge is 0.300 e. The second-order valence-corrected chi connectivity index (χ2v) is 12.4. The first-order valence-corrected chi connectivity index (χ1v) is 15.1. The van der Waals surface area contributed by atoms with Crippen molar-refractivity contribution in [2.75, 3.05) is 19.3 Å². The topological polar surface area (TPSA) is 209 Å². The van der Waals surface area contributed by atoms with Crippen LogP contribution in [0, 0.1) is 11.3 Å². The van der Waals surface area contributed by atoms with Crippen LogP contribution in [0.3, 0.4) is 0 Å². The Morgan fingerprint density at radius 3 is 2.15 bits per heavy atom. The Bertz CT molecular complexity index is 2000. The van der Waals surface area contributed by atoms with Gasteiger partial charge in [0.1, 0.15) is 0 Å². The molecule has 0 radical (unpaired) electrons. The minimum atomic E-state index is -5.10. The van der Waals surface area contributed by atoms with Crippen LogP contribution in [0.25, 0.3) is 33.4 Å². The third-order valence-electron chi connectivity index (χ3n) is 6.66. The zero-order valence-corrected chi connectivity index (χ0v) is 24.1. The van der Waals surface area contributed by atoms with E-state index in [-0.39, 0.29) is 39.0 Å². The number of Topliss-reactive ketones (excluding diaryl/α,β-unsaturated/α-hetero) is 1. The highest BCUT2D eigenvalue weighted by Crippen LogP contribution is 2.46. The predicted molar refractivity (Wildman–Crippen MR) is 150 cm³/mol. The van der Waals surface area contributed by atoms with Crippen molar-refractivity contribution in [2.45, 2.75) is 30.6 Å². The van der Waals surface area contributed by atoms with Crippen molar-refractivity contribution in [3.63, 3.8) is 0 Å². The Morgan fingerprint density at radius 2 is 1.59 bits per heavy atom. The van der Waals surface area contributed by atoms with Crippen LogP contribution in [0.2, 0.25) is 0 Å². The predicted octanol–water partition coefficient (Wildman–Crippen LogP) is 3.69. The summed E-state index contributed by atoms with van der Waals surface area (Å²) in [5, 5.41) is 7.48. The number of amides is 1. The lowest BCUT2D eigenvalue weighted by Crippen LogP contribution is -2.27. The molecule has 0 atom stereocenters. The first-order valence-electron chi connectivity index (χ1n) is 12.2. The maximum atomic E-state index is 13.6. The molecule has 216 valence electrons. The number of hydrogen-bond acceptors (Lipinski definition) is 9. The van der Waals surface area contributed by atoms with Gasteiger partial charge in [-0.05, 0) is 42.8 Å². The summed E-state index contributed by atoms with van der Waals surface area (Å²) in [6, 6.07) is 9.31. The summed E-state index contributed by atoms with van der Waals surface area (Å²) in [4.78, 5) is 26.0. The molecule has 1 heterocycles. The van der Waals surface area contributed by atoms with Gasteiger partial charge in [-0.1, -0.05) is 26.0 Å². The molecular weight excluding hydrogens is 574 g/mol. The van der Waals surface area contributed by atoms with E-state index in [1.54, 1.807) is 27.8 Å². The fourth-order valence-electron chi connectivity index (χ4n) is 4.57. The number of nitrogens with two attached hydrogens (primary N) is 1. The normalized spacial score (nSPS) is 12.3. The van der Waals surface area contributed by atoms with Crippen LogP contribution in [0.5, 0.6) is 0 Å². The molecule has 0 fully saturated rings. The molecule has 0 aromatic heterocycles. The van der Waals surface area contributed by atoms with Gasteiger partial charge in [0.15, 0.2) is 26.9 Å². The second-order valence-electron chi connectivity index (χ2n) is 9.71. The molecule has 2 aromatic carbocycles. The largest absolute Gasteiger partial charge is 0.453 e. The Kier molecular flexibility index (Phi) is 7.56. The number of nitrogens with zero attached hydrogens (tertiary/aromatic N) is 1. The van der Waals surface area contributed by atoms with Gasteiger partial charge < -0.3 is 15.1 Å². The molecule has 0 saturated carbocycles. The maximum Gasteiger partial charge on any atom is 0.300 e. The van der Waals surface area contributed by atoms with Gasteiger partial charge in [-0.15, -0.1) is 0 Å². The minimum Gasteiger partial charge on any atom is -0.453 e. The molecule has 1 amide bonds. The van der Waals surface area contributed by atoms with E-state index < -0.39 is 64.2 Å². The van der Waals surface area contributed by atoms with E-state index in [1.165, 1.54) is 41.3 Å². The number of rotatable bonds is 7.